The van der Waals surface area contributed by atoms with E-state index in [0.29, 0.717) is 13.2 Å². The maximum atomic E-state index is 5.62. The Labute approximate surface area is 144 Å². The topological polar surface area (TPSA) is 38.6 Å². The fraction of sp³-hybridized carbons (Fsp3) is 0.105. The van der Waals surface area contributed by atoms with Crippen LogP contribution in [0, 0.1) is 0 Å². The number of hydrogen-bond donors (Lipinski definition) is 1. The summed E-state index contributed by atoms with van der Waals surface area (Å²) < 4.78 is 2.12. The van der Waals surface area contributed by atoms with Gasteiger partial charge in [-0.05, 0) is 5.56 Å². The van der Waals surface area contributed by atoms with Crippen molar-refractivity contribution in [2.24, 2.45) is 0 Å². The summed E-state index contributed by atoms with van der Waals surface area (Å²) in [6, 6.07) is 20.4. The zero-order valence-electron chi connectivity index (χ0n) is 13.1. The molecule has 0 unspecified atom stereocenters. The Balaban J connectivity index is 1.51. The molecule has 0 amide bonds. The van der Waals surface area contributed by atoms with Crippen molar-refractivity contribution >= 4 is 16.3 Å². The van der Waals surface area contributed by atoms with E-state index in [9.17, 15) is 0 Å². The third-order valence-corrected chi connectivity index (χ3v) is 4.59. The Morgan fingerprint density at radius 1 is 1.00 bits per heavy atom. The van der Waals surface area contributed by atoms with Gasteiger partial charge in [-0.1, -0.05) is 60.7 Å². The molecule has 0 radical (unpaired) electrons. The first-order valence-corrected chi connectivity index (χ1v) is 8.68. The zero-order valence-corrected chi connectivity index (χ0v) is 13.9. The molecule has 0 saturated heterocycles. The predicted molar refractivity (Wildman–Crippen MR) is 96.6 cm³/mol. The molecule has 5 heteroatoms. The van der Waals surface area contributed by atoms with Crippen molar-refractivity contribution in [3.8, 4) is 11.3 Å². The van der Waals surface area contributed by atoms with E-state index in [4.69, 9.17) is 9.82 Å². The van der Waals surface area contributed by atoms with Crippen molar-refractivity contribution in [1.82, 2.24) is 14.9 Å². The van der Waals surface area contributed by atoms with Crippen LogP contribution in [0.4, 0.5) is 0 Å². The number of fused-ring (bicyclic) bond motifs is 1. The highest BCUT2D eigenvalue weighted by Crippen LogP contribution is 2.26. The molecule has 0 fully saturated rings. The van der Waals surface area contributed by atoms with Gasteiger partial charge in [-0.2, -0.15) is 5.48 Å². The number of thiazole rings is 1. The lowest BCUT2D eigenvalue weighted by molar-refractivity contribution is 0.0228. The van der Waals surface area contributed by atoms with E-state index < -0.39 is 0 Å². The number of nitrogens with zero attached hydrogens (tertiary/aromatic N) is 2. The largest absolute Gasteiger partial charge is 0.297 e. The first-order valence-electron chi connectivity index (χ1n) is 7.80. The molecular formula is C19H17N3OS. The number of rotatable bonds is 6. The minimum Gasteiger partial charge on any atom is -0.297 e. The highest BCUT2D eigenvalue weighted by Gasteiger charge is 2.14. The number of aromatic nitrogens is 2. The van der Waals surface area contributed by atoms with E-state index in [1.807, 2.05) is 60.1 Å². The normalized spacial score (nSPS) is 11.2. The van der Waals surface area contributed by atoms with Crippen LogP contribution in [0.3, 0.4) is 0 Å². The fourth-order valence-electron chi connectivity index (χ4n) is 2.66. The summed E-state index contributed by atoms with van der Waals surface area (Å²) in [5.74, 6) is 0. The summed E-state index contributed by atoms with van der Waals surface area (Å²) in [6.07, 6.45) is 2.05. The molecule has 4 aromatic rings. The molecule has 0 saturated carbocycles. The minimum absolute atomic E-state index is 0.535. The van der Waals surface area contributed by atoms with Crippen LogP contribution >= 0.6 is 11.3 Å². The molecule has 2 heterocycles. The van der Waals surface area contributed by atoms with Gasteiger partial charge in [0.25, 0.3) is 0 Å². The van der Waals surface area contributed by atoms with Crippen LogP contribution in [0.5, 0.6) is 0 Å². The molecule has 0 bridgehead atoms. The van der Waals surface area contributed by atoms with E-state index in [0.717, 1.165) is 27.5 Å². The summed E-state index contributed by atoms with van der Waals surface area (Å²) in [4.78, 5) is 11.4. The summed E-state index contributed by atoms with van der Waals surface area (Å²) in [5.41, 5.74) is 7.43. The summed E-state index contributed by atoms with van der Waals surface area (Å²) >= 11 is 1.64. The van der Waals surface area contributed by atoms with Crippen LogP contribution < -0.4 is 5.48 Å². The van der Waals surface area contributed by atoms with Crippen molar-refractivity contribution in [3.63, 3.8) is 0 Å². The van der Waals surface area contributed by atoms with Crippen LogP contribution in [-0.4, -0.2) is 9.38 Å². The van der Waals surface area contributed by atoms with Crippen molar-refractivity contribution in [1.29, 1.82) is 0 Å². The molecule has 4 rings (SSSR count). The summed E-state index contributed by atoms with van der Waals surface area (Å²) in [6.45, 7) is 1.13. The molecule has 1 N–H and O–H groups in total. The quantitative estimate of drug-likeness (QED) is 0.422. The van der Waals surface area contributed by atoms with Crippen LogP contribution in [0.25, 0.3) is 16.2 Å². The molecule has 24 heavy (non-hydrogen) atoms. The van der Waals surface area contributed by atoms with Gasteiger partial charge < -0.3 is 0 Å². The first kappa shape index (κ1) is 15.1. The smallest absolute Gasteiger partial charge is 0.194 e. The van der Waals surface area contributed by atoms with Crippen molar-refractivity contribution < 1.29 is 4.84 Å². The lowest BCUT2D eigenvalue weighted by Crippen LogP contribution is -2.15. The molecular weight excluding hydrogens is 318 g/mol. The van der Waals surface area contributed by atoms with Crippen LogP contribution in [-0.2, 0) is 18.0 Å². The lowest BCUT2D eigenvalue weighted by Gasteiger charge is -2.07. The molecule has 2 aromatic heterocycles. The second kappa shape index (κ2) is 6.97. The van der Waals surface area contributed by atoms with Crippen LogP contribution in [0.15, 0.2) is 72.2 Å². The second-order valence-corrected chi connectivity index (χ2v) is 6.30. The lowest BCUT2D eigenvalue weighted by atomic mass is 10.1. The SMILES string of the molecule is c1ccc(CONCc2c(-c3ccccc3)nc3sccn23)cc1. The number of benzene rings is 2. The molecule has 0 aliphatic carbocycles. The van der Waals surface area contributed by atoms with Gasteiger partial charge in [0.2, 0.25) is 0 Å². The molecule has 0 spiro atoms. The Bertz CT molecular complexity index is 916. The van der Waals surface area contributed by atoms with Gasteiger partial charge in [-0.15, -0.1) is 11.3 Å². The van der Waals surface area contributed by atoms with Gasteiger partial charge in [-0.25, -0.2) is 4.98 Å². The number of hydroxylamine groups is 1. The van der Waals surface area contributed by atoms with E-state index in [1.54, 1.807) is 11.3 Å². The maximum absolute atomic E-state index is 5.62. The van der Waals surface area contributed by atoms with E-state index in [1.165, 1.54) is 0 Å². The van der Waals surface area contributed by atoms with Gasteiger partial charge in [-0.3, -0.25) is 9.24 Å². The third-order valence-electron chi connectivity index (χ3n) is 3.83. The van der Waals surface area contributed by atoms with E-state index in [2.05, 4.69) is 22.0 Å². The van der Waals surface area contributed by atoms with Crippen molar-refractivity contribution in [2.75, 3.05) is 0 Å². The average molecular weight is 335 g/mol. The third kappa shape index (κ3) is 3.10. The fourth-order valence-corrected chi connectivity index (χ4v) is 3.39. The van der Waals surface area contributed by atoms with Crippen LogP contribution in [0.2, 0.25) is 0 Å². The summed E-state index contributed by atoms with van der Waals surface area (Å²) in [7, 11) is 0. The Morgan fingerprint density at radius 3 is 2.54 bits per heavy atom. The Kier molecular flexibility index (Phi) is 4.38. The standard InChI is InChI=1S/C19H17N3OS/c1-3-7-15(8-4-1)14-23-20-13-17-18(16-9-5-2-6-10-16)21-19-22(17)11-12-24-19/h1-12,20H,13-14H2. The predicted octanol–water partition coefficient (Wildman–Crippen LogP) is 4.28. The monoisotopic (exact) mass is 335 g/mol. The molecule has 120 valence electrons. The molecule has 0 atom stereocenters. The number of nitrogens with one attached hydrogen (secondary N) is 1. The number of imidazole rings is 1. The van der Waals surface area contributed by atoms with Crippen molar-refractivity contribution in [3.05, 3.63) is 83.5 Å². The van der Waals surface area contributed by atoms with E-state index >= 15 is 0 Å². The van der Waals surface area contributed by atoms with E-state index in [-0.39, 0.29) is 0 Å². The molecule has 4 nitrogen and oxygen atoms in total. The minimum atomic E-state index is 0.535. The van der Waals surface area contributed by atoms with Gasteiger partial charge in [0.15, 0.2) is 4.96 Å². The highest BCUT2D eigenvalue weighted by atomic mass is 32.1. The number of hydrogen-bond acceptors (Lipinski definition) is 4. The van der Waals surface area contributed by atoms with Crippen molar-refractivity contribution in [2.45, 2.75) is 13.2 Å². The molecule has 2 aromatic carbocycles. The highest BCUT2D eigenvalue weighted by molar-refractivity contribution is 7.15. The maximum Gasteiger partial charge on any atom is 0.194 e. The first-order chi connectivity index (χ1) is 11.9. The van der Waals surface area contributed by atoms with Gasteiger partial charge in [0, 0.05) is 17.1 Å². The average Bonchev–Trinajstić information content (AvgIpc) is 3.22. The second-order valence-electron chi connectivity index (χ2n) is 5.42. The Hall–Kier alpha value is -2.47. The van der Waals surface area contributed by atoms with Crippen LogP contribution in [0.1, 0.15) is 11.3 Å². The molecule has 0 aliphatic rings. The van der Waals surface area contributed by atoms with Gasteiger partial charge >= 0.3 is 0 Å². The van der Waals surface area contributed by atoms with Gasteiger partial charge in [0.1, 0.15) is 0 Å². The summed E-state index contributed by atoms with van der Waals surface area (Å²) in [5, 5.41) is 2.05. The zero-order chi connectivity index (χ0) is 16.2. The Morgan fingerprint density at radius 2 is 1.75 bits per heavy atom. The molecule has 0 aliphatic heterocycles. The van der Waals surface area contributed by atoms with Gasteiger partial charge in [0.05, 0.1) is 24.5 Å².